The molecule has 0 saturated carbocycles. The fourth-order valence-corrected chi connectivity index (χ4v) is 3.74. The summed E-state index contributed by atoms with van der Waals surface area (Å²) in [6.45, 7) is 0.122. The summed E-state index contributed by atoms with van der Waals surface area (Å²) in [6, 6.07) is 6.88. The number of benzene rings is 2. The van der Waals surface area contributed by atoms with E-state index in [0.29, 0.717) is 31.5 Å². The molecule has 2 N–H and O–H groups in total. The Morgan fingerprint density at radius 3 is 2.57 bits per heavy atom. The fourth-order valence-electron chi connectivity index (χ4n) is 3.74. The third-order valence-corrected chi connectivity index (χ3v) is 5.33. The number of fused-ring (bicyclic) bond motifs is 1. The van der Waals surface area contributed by atoms with Gasteiger partial charge in [0, 0.05) is 30.9 Å². The van der Waals surface area contributed by atoms with Crippen LogP contribution in [0.2, 0.25) is 0 Å². The summed E-state index contributed by atoms with van der Waals surface area (Å²) in [6.07, 6.45) is 1.25. The van der Waals surface area contributed by atoms with Gasteiger partial charge in [0.2, 0.25) is 17.7 Å². The van der Waals surface area contributed by atoms with Crippen molar-refractivity contribution in [3.05, 3.63) is 58.9 Å². The van der Waals surface area contributed by atoms with Crippen molar-refractivity contribution in [2.75, 3.05) is 16.8 Å². The first kappa shape index (κ1) is 19.9. The van der Waals surface area contributed by atoms with E-state index in [4.69, 9.17) is 0 Å². The number of amides is 3. The average molecular weight is 417 g/mol. The highest BCUT2D eigenvalue weighted by Gasteiger charge is 2.37. The first-order valence-electron chi connectivity index (χ1n) is 9.49. The van der Waals surface area contributed by atoms with Crippen molar-refractivity contribution in [1.29, 1.82) is 0 Å². The molecule has 156 valence electrons. The van der Waals surface area contributed by atoms with Crippen molar-refractivity contribution in [2.24, 2.45) is 5.92 Å². The molecule has 2 heterocycles. The number of hydrogen-bond acceptors (Lipinski definition) is 3. The van der Waals surface area contributed by atoms with Crippen molar-refractivity contribution in [2.45, 2.75) is 25.8 Å². The number of rotatable bonds is 4. The standard InChI is InChI=1S/C21H18F3N3O3/c22-15-7-11(8-16(23)19(15)24)10-25-20(29)14-5-6-27(21(14)30)13-2-3-17-12(9-13)1-4-18(28)26-17/h2-3,7-9,14H,1,4-6,10H2,(H,25,29)(H,26,28). The minimum absolute atomic E-state index is 0.0508. The second-order valence-electron chi connectivity index (χ2n) is 7.31. The molecule has 9 heteroatoms. The highest BCUT2D eigenvalue weighted by molar-refractivity contribution is 6.09. The maximum atomic E-state index is 13.3. The molecule has 1 fully saturated rings. The zero-order valence-corrected chi connectivity index (χ0v) is 15.8. The molecule has 0 spiro atoms. The Balaban J connectivity index is 1.42. The Hall–Kier alpha value is -3.36. The lowest BCUT2D eigenvalue weighted by atomic mass is 10.0. The minimum Gasteiger partial charge on any atom is -0.351 e. The predicted octanol–water partition coefficient (Wildman–Crippen LogP) is 2.66. The van der Waals surface area contributed by atoms with E-state index in [0.717, 1.165) is 23.4 Å². The summed E-state index contributed by atoms with van der Waals surface area (Å²) in [5, 5.41) is 5.26. The van der Waals surface area contributed by atoms with E-state index >= 15 is 0 Å². The second-order valence-corrected chi connectivity index (χ2v) is 7.31. The van der Waals surface area contributed by atoms with Gasteiger partial charge in [-0.1, -0.05) is 0 Å². The van der Waals surface area contributed by atoms with E-state index < -0.39 is 29.3 Å². The molecule has 30 heavy (non-hydrogen) atoms. The summed E-state index contributed by atoms with van der Waals surface area (Å²) in [4.78, 5) is 38.2. The Bertz CT molecular complexity index is 1030. The summed E-state index contributed by atoms with van der Waals surface area (Å²) in [5.74, 6) is -6.16. The van der Waals surface area contributed by atoms with E-state index in [1.807, 2.05) is 6.07 Å². The third-order valence-electron chi connectivity index (χ3n) is 5.33. The lowest BCUT2D eigenvalue weighted by Crippen LogP contribution is -2.36. The van der Waals surface area contributed by atoms with E-state index in [2.05, 4.69) is 10.6 Å². The first-order chi connectivity index (χ1) is 14.3. The molecule has 2 aromatic carbocycles. The van der Waals surface area contributed by atoms with Crippen LogP contribution in [0.4, 0.5) is 24.5 Å². The molecule has 0 aromatic heterocycles. The lowest BCUT2D eigenvalue weighted by molar-refractivity contribution is -0.132. The smallest absolute Gasteiger partial charge is 0.239 e. The molecule has 4 rings (SSSR count). The predicted molar refractivity (Wildman–Crippen MR) is 102 cm³/mol. The van der Waals surface area contributed by atoms with Crippen molar-refractivity contribution < 1.29 is 27.6 Å². The van der Waals surface area contributed by atoms with Crippen LogP contribution in [0.3, 0.4) is 0 Å². The van der Waals surface area contributed by atoms with Gasteiger partial charge in [0.15, 0.2) is 17.5 Å². The van der Waals surface area contributed by atoms with E-state index in [9.17, 15) is 27.6 Å². The van der Waals surface area contributed by atoms with Crippen LogP contribution in [0.5, 0.6) is 0 Å². The number of carbonyl (C=O) groups excluding carboxylic acids is 3. The zero-order chi connectivity index (χ0) is 21.4. The normalized spacial score (nSPS) is 18.2. The Morgan fingerprint density at radius 2 is 1.83 bits per heavy atom. The number of carbonyl (C=O) groups is 3. The Kier molecular flexibility index (Phi) is 5.19. The molecule has 1 atom stereocenters. The van der Waals surface area contributed by atoms with Crippen LogP contribution in [0.1, 0.15) is 24.0 Å². The van der Waals surface area contributed by atoms with Gasteiger partial charge in [0.05, 0.1) is 0 Å². The van der Waals surface area contributed by atoms with Gasteiger partial charge in [-0.05, 0) is 54.3 Å². The van der Waals surface area contributed by atoms with Gasteiger partial charge >= 0.3 is 0 Å². The molecular formula is C21H18F3N3O3. The molecule has 3 amide bonds. The molecule has 6 nitrogen and oxygen atoms in total. The van der Waals surface area contributed by atoms with Crippen LogP contribution in [0.15, 0.2) is 30.3 Å². The Labute approximate surface area is 170 Å². The molecule has 0 bridgehead atoms. The zero-order valence-electron chi connectivity index (χ0n) is 15.8. The molecule has 1 unspecified atom stereocenters. The summed E-state index contributed by atoms with van der Waals surface area (Å²) < 4.78 is 39.6. The van der Waals surface area contributed by atoms with Crippen LogP contribution in [-0.2, 0) is 27.3 Å². The van der Waals surface area contributed by atoms with Crippen molar-refractivity contribution in [1.82, 2.24) is 5.32 Å². The summed E-state index contributed by atoms with van der Waals surface area (Å²) in [5.41, 5.74) is 2.34. The molecule has 2 aliphatic rings. The highest BCUT2D eigenvalue weighted by Crippen LogP contribution is 2.31. The topological polar surface area (TPSA) is 78.5 Å². The Morgan fingerprint density at radius 1 is 1.10 bits per heavy atom. The van der Waals surface area contributed by atoms with Gasteiger partial charge in [-0.25, -0.2) is 13.2 Å². The number of nitrogens with zero attached hydrogens (tertiary/aromatic N) is 1. The second kappa shape index (κ2) is 7.81. The number of nitrogens with one attached hydrogen (secondary N) is 2. The minimum atomic E-state index is -1.57. The van der Waals surface area contributed by atoms with Crippen molar-refractivity contribution in [3.63, 3.8) is 0 Å². The largest absolute Gasteiger partial charge is 0.351 e. The van der Waals surface area contributed by atoms with Crippen LogP contribution < -0.4 is 15.5 Å². The number of anilines is 2. The molecular weight excluding hydrogens is 399 g/mol. The first-order valence-corrected chi connectivity index (χ1v) is 9.49. The van der Waals surface area contributed by atoms with E-state index in [1.165, 1.54) is 4.90 Å². The fraction of sp³-hybridized carbons (Fsp3) is 0.286. The maximum absolute atomic E-state index is 13.3. The average Bonchev–Trinajstić information content (AvgIpc) is 3.11. The summed E-state index contributed by atoms with van der Waals surface area (Å²) in [7, 11) is 0. The number of halogens is 3. The lowest BCUT2D eigenvalue weighted by Gasteiger charge is -2.22. The van der Waals surface area contributed by atoms with Crippen LogP contribution in [-0.4, -0.2) is 24.3 Å². The molecule has 2 aromatic rings. The van der Waals surface area contributed by atoms with Crippen molar-refractivity contribution >= 4 is 29.1 Å². The van der Waals surface area contributed by atoms with Gasteiger partial charge in [-0.15, -0.1) is 0 Å². The quantitative estimate of drug-likeness (QED) is 0.593. The van der Waals surface area contributed by atoms with Gasteiger partial charge < -0.3 is 15.5 Å². The monoisotopic (exact) mass is 417 g/mol. The highest BCUT2D eigenvalue weighted by atomic mass is 19.2. The van der Waals surface area contributed by atoms with Gasteiger partial charge in [0.1, 0.15) is 5.92 Å². The summed E-state index contributed by atoms with van der Waals surface area (Å²) >= 11 is 0. The number of aryl methyl sites for hydroxylation is 1. The number of hydrogen-bond donors (Lipinski definition) is 2. The van der Waals surface area contributed by atoms with Crippen molar-refractivity contribution in [3.8, 4) is 0 Å². The molecule has 0 aliphatic carbocycles. The van der Waals surface area contributed by atoms with E-state index in [1.54, 1.807) is 12.1 Å². The van der Waals surface area contributed by atoms with Gasteiger partial charge in [-0.3, -0.25) is 14.4 Å². The molecule has 2 aliphatic heterocycles. The van der Waals surface area contributed by atoms with Crippen LogP contribution in [0, 0.1) is 23.4 Å². The van der Waals surface area contributed by atoms with Gasteiger partial charge in [-0.2, -0.15) is 0 Å². The SMILES string of the molecule is O=C1CCc2cc(N3CCC(C(=O)NCc4cc(F)c(F)c(F)c4)C3=O)ccc2N1. The molecule has 1 saturated heterocycles. The third kappa shape index (κ3) is 3.74. The van der Waals surface area contributed by atoms with Crippen LogP contribution >= 0.6 is 0 Å². The molecule has 0 radical (unpaired) electrons. The van der Waals surface area contributed by atoms with Gasteiger partial charge in [0.25, 0.3) is 0 Å². The maximum Gasteiger partial charge on any atom is 0.239 e. The van der Waals surface area contributed by atoms with Crippen LogP contribution in [0.25, 0.3) is 0 Å². The van der Waals surface area contributed by atoms with E-state index in [-0.39, 0.29) is 23.9 Å².